The number of thiophene rings is 1. The second-order valence-electron chi connectivity index (χ2n) is 6.17. The Balaban J connectivity index is 1.57. The monoisotopic (exact) mass is 470 g/mol. The number of urea groups is 1. The van der Waals surface area contributed by atoms with Crippen molar-refractivity contribution in [3.63, 3.8) is 0 Å². The lowest BCUT2D eigenvalue weighted by Crippen LogP contribution is -2.41. The lowest BCUT2D eigenvalue weighted by Gasteiger charge is -2.12. The van der Waals surface area contributed by atoms with Gasteiger partial charge in [0.1, 0.15) is 6.54 Å². The van der Waals surface area contributed by atoms with Gasteiger partial charge in [0.05, 0.1) is 5.75 Å². The van der Waals surface area contributed by atoms with Crippen LogP contribution < -0.4 is 10.6 Å². The van der Waals surface area contributed by atoms with Gasteiger partial charge in [-0.25, -0.2) is 4.79 Å². The van der Waals surface area contributed by atoms with E-state index in [9.17, 15) is 22.8 Å². The van der Waals surface area contributed by atoms with E-state index in [-0.39, 0.29) is 16.7 Å². The highest BCUT2D eigenvalue weighted by Gasteiger charge is 2.31. The second-order valence-corrected chi connectivity index (χ2v) is 8.14. The third kappa shape index (κ3) is 7.07. The van der Waals surface area contributed by atoms with Crippen LogP contribution in [0.2, 0.25) is 0 Å². The van der Waals surface area contributed by atoms with Crippen molar-refractivity contribution in [2.75, 3.05) is 12.3 Å². The van der Waals surface area contributed by atoms with E-state index in [0.717, 1.165) is 21.2 Å². The number of nitrogens with zero attached hydrogens (tertiary/aromatic N) is 4. The standard InChI is InChI=1S/C18H17F3N6O2S2/c19-18(20,21)11-27-15(12-3-6-22-7-4-12)25-26-17(27)31-10-14(28)24-16(29)23-8-5-13-2-1-9-30-13/h1-4,6-7,9H,5,8,10-11H2,(H2,23,24,28,29). The summed E-state index contributed by atoms with van der Waals surface area (Å²) >= 11 is 2.32. The number of aromatic nitrogens is 4. The summed E-state index contributed by atoms with van der Waals surface area (Å²) in [7, 11) is 0. The minimum absolute atomic E-state index is 0.00829. The molecular weight excluding hydrogens is 453 g/mol. The van der Waals surface area contributed by atoms with Crippen LogP contribution in [0.15, 0.2) is 47.2 Å². The molecular formula is C18H17F3N6O2S2. The SMILES string of the molecule is O=C(CSc1nnc(-c2ccncc2)n1CC(F)(F)F)NC(=O)NCCc1cccs1. The number of rotatable bonds is 8. The molecule has 0 aliphatic heterocycles. The van der Waals surface area contributed by atoms with Crippen molar-refractivity contribution in [2.24, 2.45) is 0 Å². The molecule has 3 aromatic rings. The number of hydrogen-bond donors (Lipinski definition) is 2. The van der Waals surface area contributed by atoms with E-state index in [1.165, 1.54) is 24.5 Å². The molecule has 31 heavy (non-hydrogen) atoms. The fourth-order valence-corrected chi connectivity index (χ4v) is 3.97. The van der Waals surface area contributed by atoms with E-state index in [0.29, 0.717) is 18.5 Å². The van der Waals surface area contributed by atoms with Gasteiger partial charge in [0, 0.05) is 29.4 Å². The molecule has 0 fully saturated rings. The zero-order chi connectivity index (χ0) is 22.3. The lowest BCUT2D eigenvalue weighted by atomic mass is 10.2. The van der Waals surface area contributed by atoms with Crippen LogP contribution in [0.5, 0.6) is 0 Å². The minimum Gasteiger partial charge on any atom is -0.337 e. The molecule has 2 N–H and O–H groups in total. The first-order valence-corrected chi connectivity index (χ1v) is 10.8. The molecule has 8 nitrogen and oxygen atoms in total. The number of hydrogen-bond acceptors (Lipinski definition) is 7. The number of pyridine rings is 1. The maximum atomic E-state index is 13.1. The maximum Gasteiger partial charge on any atom is 0.406 e. The van der Waals surface area contributed by atoms with Gasteiger partial charge in [-0.3, -0.25) is 19.7 Å². The third-order valence-electron chi connectivity index (χ3n) is 3.82. The molecule has 0 aliphatic rings. The van der Waals surface area contributed by atoms with Crippen molar-refractivity contribution in [3.05, 3.63) is 46.9 Å². The van der Waals surface area contributed by atoms with Crippen LogP contribution in [0.25, 0.3) is 11.4 Å². The highest BCUT2D eigenvalue weighted by molar-refractivity contribution is 7.99. The summed E-state index contributed by atoms with van der Waals surface area (Å²) < 4.78 is 40.1. The summed E-state index contributed by atoms with van der Waals surface area (Å²) in [4.78, 5) is 28.7. The number of nitrogens with one attached hydrogen (secondary N) is 2. The van der Waals surface area contributed by atoms with Gasteiger partial charge in [0.25, 0.3) is 0 Å². The normalized spacial score (nSPS) is 11.3. The quantitative estimate of drug-likeness (QED) is 0.491. The summed E-state index contributed by atoms with van der Waals surface area (Å²) in [6, 6.07) is 6.19. The van der Waals surface area contributed by atoms with Crippen molar-refractivity contribution in [1.82, 2.24) is 30.4 Å². The van der Waals surface area contributed by atoms with Crippen LogP contribution in [0.1, 0.15) is 4.88 Å². The number of carbonyl (C=O) groups is 2. The average Bonchev–Trinajstić information content (AvgIpc) is 3.36. The molecule has 0 spiro atoms. The number of amides is 3. The Labute approximate surface area is 183 Å². The Morgan fingerprint density at radius 2 is 1.94 bits per heavy atom. The fourth-order valence-electron chi connectivity index (χ4n) is 2.52. The summed E-state index contributed by atoms with van der Waals surface area (Å²) in [5, 5.41) is 14.1. The Morgan fingerprint density at radius 1 is 1.16 bits per heavy atom. The zero-order valence-corrected chi connectivity index (χ0v) is 17.6. The highest BCUT2D eigenvalue weighted by Crippen LogP contribution is 2.28. The number of halogens is 3. The van der Waals surface area contributed by atoms with Gasteiger partial charge in [-0.15, -0.1) is 21.5 Å². The van der Waals surface area contributed by atoms with E-state index in [1.807, 2.05) is 17.5 Å². The minimum atomic E-state index is -4.51. The molecule has 3 aromatic heterocycles. The van der Waals surface area contributed by atoms with Crippen molar-refractivity contribution in [3.8, 4) is 11.4 Å². The number of alkyl halides is 3. The maximum absolute atomic E-state index is 13.1. The molecule has 13 heteroatoms. The third-order valence-corrected chi connectivity index (χ3v) is 5.72. The van der Waals surface area contributed by atoms with Crippen LogP contribution in [0, 0.1) is 0 Å². The van der Waals surface area contributed by atoms with E-state index in [4.69, 9.17) is 0 Å². The van der Waals surface area contributed by atoms with Crippen molar-refractivity contribution < 1.29 is 22.8 Å². The van der Waals surface area contributed by atoms with Crippen molar-refractivity contribution >= 4 is 35.0 Å². The molecule has 0 bridgehead atoms. The average molecular weight is 471 g/mol. The molecule has 0 aliphatic carbocycles. The summed E-state index contributed by atoms with van der Waals surface area (Å²) in [6.07, 6.45) is -1.02. The van der Waals surface area contributed by atoms with Gasteiger partial charge >= 0.3 is 12.2 Å². The largest absolute Gasteiger partial charge is 0.406 e. The van der Waals surface area contributed by atoms with Gasteiger partial charge < -0.3 is 5.32 Å². The van der Waals surface area contributed by atoms with Gasteiger partial charge in [0.15, 0.2) is 11.0 Å². The van der Waals surface area contributed by atoms with Crippen LogP contribution in [0.3, 0.4) is 0 Å². The smallest absolute Gasteiger partial charge is 0.337 e. The first kappa shape index (κ1) is 22.7. The van der Waals surface area contributed by atoms with Gasteiger partial charge in [-0.1, -0.05) is 17.8 Å². The predicted octanol–water partition coefficient (Wildman–Crippen LogP) is 3.12. The van der Waals surface area contributed by atoms with Crippen molar-refractivity contribution in [2.45, 2.75) is 24.3 Å². The highest BCUT2D eigenvalue weighted by atomic mass is 32.2. The van der Waals surface area contributed by atoms with Gasteiger partial charge in [0.2, 0.25) is 5.91 Å². The first-order valence-electron chi connectivity index (χ1n) is 8.95. The zero-order valence-electron chi connectivity index (χ0n) is 15.9. The lowest BCUT2D eigenvalue weighted by molar-refractivity contribution is -0.141. The summed E-state index contributed by atoms with van der Waals surface area (Å²) in [6.45, 7) is -0.965. The Hall–Kier alpha value is -2.93. The number of thioether (sulfide) groups is 1. The Morgan fingerprint density at radius 3 is 2.61 bits per heavy atom. The van der Waals surface area contributed by atoms with E-state index in [2.05, 4.69) is 25.8 Å². The molecule has 0 atom stereocenters. The predicted molar refractivity (Wildman–Crippen MR) is 110 cm³/mol. The van der Waals surface area contributed by atoms with E-state index < -0.39 is 24.7 Å². The Kier molecular flexibility index (Phi) is 7.63. The molecule has 0 saturated carbocycles. The fraction of sp³-hybridized carbons (Fsp3) is 0.278. The molecule has 3 rings (SSSR count). The van der Waals surface area contributed by atoms with E-state index in [1.54, 1.807) is 11.3 Å². The molecule has 0 aromatic carbocycles. The van der Waals surface area contributed by atoms with Crippen LogP contribution in [-0.2, 0) is 17.8 Å². The van der Waals surface area contributed by atoms with Crippen LogP contribution in [0.4, 0.5) is 18.0 Å². The van der Waals surface area contributed by atoms with Crippen LogP contribution in [-0.4, -0.2) is 50.2 Å². The number of carbonyl (C=O) groups excluding carboxylic acids is 2. The Bertz CT molecular complexity index is 1010. The second kappa shape index (κ2) is 10.4. The molecule has 3 amide bonds. The molecule has 3 heterocycles. The molecule has 0 saturated heterocycles. The van der Waals surface area contributed by atoms with Gasteiger partial charge in [-0.05, 0) is 30.0 Å². The summed E-state index contributed by atoms with van der Waals surface area (Å²) in [5.74, 6) is -0.954. The topological polar surface area (TPSA) is 102 Å². The van der Waals surface area contributed by atoms with Gasteiger partial charge in [-0.2, -0.15) is 13.2 Å². The van der Waals surface area contributed by atoms with Crippen molar-refractivity contribution in [1.29, 1.82) is 0 Å². The molecule has 0 unspecified atom stereocenters. The first-order chi connectivity index (χ1) is 14.8. The molecule has 164 valence electrons. The summed E-state index contributed by atoms with van der Waals surface area (Å²) in [5.41, 5.74) is 0.410. The molecule has 0 radical (unpaired) electrons. The van der Waals surface area contributed by atoms with E-state index >= 15 is 0 Å². The number of imide groups is 1. The van der Waals surface area contributed by atoms with Crippen LogP contribution >= 0.6 is 23.1 Å².